The van der Waals surface area contributed by atoms with Gasteiger partial charge in [0.15, 0.2) is 5.82 Å². The van der Waals surface area contributed by atoms with E-state index in [0.717, 1.165) is 18.6 Å². The predicted molar refractivity (Wildman–Crippen MR) is 100 cm³/mol. The summed E-state index contributed by atoms with van der Waals surface area (Å²) < 4.78 is 44.8. The Morgan fingerprint density at radius 1 is 1.28 bits per heavy atom. The summed E-state index contributed by atoms with van der Waals surface area (Å²) in [6, 6.07) is 4.66. The Kier molecular flexibility index (Phi) is 6.60. The molecule has 0 saturated heterocycles. The number of halogens is 3. The zero-order valence-corrected chi connectivity index (χ0v) is 16.3. The fourth-order valence-electron chi connectivity index (χ4n) is 2.54. The van der Waals surface area contributed by atoms with Crippen molar-refractivity contribution in [2.24, 2.45) is 0 Å². The second kappa shape index (κ2) is 9.14. The van der Waals surface area contributed by atoms with Crippen LogP contribution in [0, 0.1) is 0 Å². The number of aryl methyl sites for hydroxylation is 1. The van der Waals surface area contributed by atoms with E-state index in [4.69, 9.17) is 4.74 Å². The van der Waals surface area contributed by atoms with Crippen LogP contribution in [0.25, 0.3) is 10.6 Å². The maximum Gasteiger partial charge on any atom is 0.416 e. The molecular weight excluding hydrogens is 407 g/mol. The van der Waals surface area contributed by atoms with Crippen LogP contribution in [0.2, 0.25) is 0 Å². The topological polar surface area (TPSA) is 81.9 Å². The van der Waals surface area contributed by atoms with E-state index < -0.39 is 17.6 Å². The minimum absolute atomic E-state index is 0.180. The number of hydrogen-bond donors (Lipinski definition) is 1. The molecule has 0 aliphatic carbocycles. The van der Waals surface area contributed by atoms with Crippen LogP contribution in [0.1, 0.15) is 28.3 Å². The van der Waals surface area contributed by atoms with Crippen molar-refractivity contribution < 1.29 is 22.7 Å². The van der Waals surface area contributed by atoms with Gasteiger partial charge in [-0.3, -0.25) is 4.79 Å². The van der Waals surface area contributed by atoms with Crippen molar-refractivity contribution in [2.45, 2.75) is 25.7 Å². The third-order valence-electron chi connectivity index (χ3n) is 4.05. The van der Waals surface area contributed by atoms with Crippen molar-refractivity contribution >= 4 is 17.2 Å². The largest absolute Gasteiger partial charge is 0.416 e. The quantitative estimate of drug-likeness (QED) is 0.560. The lowest BCUT2D eigenvalue weighted by Gasteiger charge is -2.07. The van der Waals surface area contributed by atoms with E-state index in [9.17, 15) is 18.0 Å². The van der Waals surface area contributed by atoms with Gasteiger partial charge in [0, 0.05) is 31.2 Å². The predicted octanol–water partition coefficient (Wildman–Crippen LogP) is 3.39. The molecular formula is C18H18F3N5O2S. The Labute approximate surface area is 168 Å². The van der Waals surface area contributed by atoms with Crippen molar-refractivity contribution in [1.29, 1.82) is 0 Å². The van der Waals surface area contributed by atoms with Gasteiger partial charge >= 0.3 is 6.18 Å². The highest BCUT2D eigenvalue weighted by atomic mass is 32.1. The molecule has 7 nitrogen and oxygen atoms in total. The summed E-state index contributed by atoms with van der Waals surface area (Å²) in [5.74, 6) is 0.207. The average molecular weight is 425 g/mol. The van der Waals surface area contributed by atoms with Crippen molar-refractivity contribution in [1.82, 2.24) is 25.1 Å². The van der Waals surface area contributed by atoms with Gasteiger partial charge in [-0.05, 0) is 18.6 Å². The molecule has 154 valence electrons. The molecule has 2 aromatic heterocycles. The molecule has 2 heterocycles. The molecule has 0 unspecified atom stereocenters. The monoisotopic (exact) mass is 425 g/mol. The number of alkyl halides is 3. The third-order valence-corrected chi connectivity index (χ3v) is 4.94. The fourth-order valence-corrected chi connectivity index (χ4v) is 3.35. The van der Waals surface area contributed by atoms with Gasteiger partial charge in [-0.25, -0.2) is 4.98 Å². The van der Waals surface area contributed by atoms with Gasteiger partial charge in [-0.1, -0.05) is 12.1 Å². The van der Waals surface area contributed by atoms with Crippen molar-refractivity contribution in [3.05, 3.63) is 53.1 Å². The molecule has 0 saturated carbocycles. The number of rotatable bonds is 8. The molecule has 0 atom stereocenters. The number of benzene rings is 1. The summed E-state index contributed by atoms with van der Waals surface area (Å²) in [5.41, 5.74) is -0.0272. The second-order valence-electron chi connectivity index (χ2n) is 6.08. The summed E-state index contributed by atoms with van der Waals surface area (Å²) in [5, 5.41) is 12.6. The Morgan fingerprint density at radius 3 is 2.72 bits per heavy atom. The maximum atomic E-state index is 12.7. The molecule has 0 bridgehead atoms. The van der Waals surface area contributed by atoms with E-state index >= 15 is 0 Å². The van der Waals surface area contributed by atoms with Crippen LogP contribution < -0.4 is 5.32 Å². The molecule has 1 amide bonds. The zero-order chi connectivity index (χ0) is 20.9. The number of amides is 1. The number of carbonyl (C=O) groups excluding carboxylic acids is 1. The molecule has 3 rings (SSSR count). The third kappa shape index (κ3) is 5.39. The molecule has 11 heteroatoms. The highest BCUT2D eigenvalue weighted by Crippen LogP contribution is 2.31. The molecule has 0 aliphatic heterocycles. The first kappa shape index (κ1) is 20.9. The normalized spacial score (nSPS) is 11.6. The van der Waals surface area contributed by atoms with Crippen LogP contribution >= 0.6 is 11.3 Å². The van der Waals surface area contributed by atoms with Gasteiger partial charge in [-0.2, -0.15) is 13.2 Å². The SMILES string of the molecule is COCCCn1cnnc1CNC(=O)c1csc(-c2ccc(C(F)(F)F)cc2)n1. The fraction of sp³-hybridized carbons (Fsp3) is 0.333. The number of nitrogens with one attached hydrogen (secondary N) is 1. The first-order valence-electron chi connectivity index (χ1n) is 8.65. The molecule has 0 aliphatic rings. The minimum Gasteiger partial charge on any atom is -0.385 e. The minimum atomic E-state index is -4.39. The summed E-state index contributed by atoms with van der Waals surface area (Å²) in [7, 11) is 1.63. The molecule has 1 aromatic carbocycles. The van der Waals surface area contributed by atoms with Crippen LogP contribution in [0.4, 0.5) is 13.2 Å². The lowest BCUT2D eigenvalue weighted by Crippen LogP contribution is -2.25. The first-order valence-corrected chi connectivity index (χ1v) is 9.53. The Bertz CT molecular complexity index is 953. The van der Waals surface area contributed by atoms with E-state index in [0.29, 0.717) is 29.5 Å². The molecule has 0 fully saturated rings. The van der Waals surface area contributed by atoms with Crippen molar-refractivity contribution in [2.75, 3.05) is 13.7 Å². The van der Waals surface area contributed by atoms with Crippen LogP contribution in [0.15, 0.2) is 36.0 Å². The number of ether oxygens (including phenoxy) is 1. The van der Waals surface area contributed by atoms with Crippen LogP contribution in [-0.2, 0) is 24.0 Å². The number of methoxy groups -OCH3 is 1. The summed E-state index contributed by atoms with van der Waals surface area (Å²) >= 11 is 1.18. The van der Waals surface area contributed by atoms with Crippen LogP contribution in [0.5, 0.6) is 0 Å². The summed E-state index contributed by atoms with van der Waals surface area (Å²) in [4.78, 5) is 16.6. The van der Waals surface area contributed by atoms with E-state index in [1.165, 1.54) is 23.5 Å². The Morgan fingerprint density at radius 2 is 2.03 bits per heavy atom. The highest BCUT2D eigenvalue weighted by Gasteiger charge is 2.30. The van der Waals surface area contributed by atoms with Gasteiger partial charge in [0.1, 0.15) is 17.0 Å². The van der Waals surface area contributed by atoms with Crippen molar-refractivity contribution in [3.63, 3.8) is 0 Å². The van der Waals surface area contributed by atoms with Crippen LogP contribution in [-0.4, -0.2) is 39.4 Å². The van der Waals surface area contributed by atoms with E-state index in [-0.39, 0.29) is 12.2 Å². The van der Waals surface area contributed by atoms with Crippen LogP contribution in [0.3, 0.4) is 0 Å². The maximum absolute atomic E-state index is 12.7. The lowest BCUT2D eigenvalue weighted by molar-refractivity contribution is -0.137. The highest BCUT2D eigenvalue weighted by molar-refractivity contribution is 7.13. The molecule has 0 radical (unpaired) electrons. The lowest BCUT2D eigenvalue weighted by atomic mass is 10.1. The number of thiazole rings is 1. The van der Waals surface area contributed by atoms with Gasteiger partial charge in [0.05, 0.1) is 12.1 Å². The molecule has 3 aromatic rings. The van der Waals surface area contributed by atoms with E-state index in [1.807, 2.05) is 4.57 Å². The van der Waals surface area contributed by atoms with Gasteiger partial charge in [-0.15, -0.1) is 21.5 Å². The summed E-state index contributed by atoms with van der Waals surface area (Å²) in [6.07, 6.45) is -2.02. The molecule has 29 heavy (non-hydrogen) atoms. The number of carbonyl (C=O) groups is 1. The van der Waals surface area contributed by atoms with Gasteiger partial charge in [0.2, 0.25) is 0 Å². The Balaban J connectivity index is 1.61. The standard InChI is InChI=1S/C18H18F3N5O2S/c1-28-8-2-7-26-11-23-25-15(26)9-22-16(27)14-10-29-17(24-14)12-3-5-13(6-4-12)18(19,20)21/h3-6,10-11H,2,7-9H2,1H3,(H,22,27). The van der Waals surface area contributed by atoms with Crippen molar-refractivity contribution in [3.8, 4) is 10.6 Å². The van der Waals surface area contributed by atoms with E-state index in [2.05, 4.69) is 20.5 Å². The molecule has 1 N–H and O–H groups in total. The number of aromatic nitrogens is 4. The van der Waals surface area contributed by atoms with E-state index in [1.54, 1.807) is 18.8 Å². The van der Waals surface area contributed by atoms with Gasteiger partial charge < -0.3 is 14.6 Å². The smallest absolute Gasteiger partial charge is 0.385 e. The average Bonchev–Trinajstić information content (AvgIpc) is 3.35. The molecule has 0 spiro atoms. The second-order valence-corrected chi connectivity index (χ2v) is 6.94. The zero-order valence-electron chi connectivity index (χ0n) is 15.4. The summed E-state index contributed by atoms with van der Waals surface area (Å²) in [6.45, 7) is 1.45. The number of hydrogen-bond acceptors (Lipinski definition) is 6. The Hall–Kier alpha value is -2.79. The van der Waals surface area contributed by atoms with Gasteiger partial charge in [0.25, 0.3) is 5.91 Å². The first-order chi connectivity index (χ1) is 13.9. The number of nitrogens with zero attached hydrogens (tertiary/aromatic N) is 4.